The Balaban J connectivity index is 1.51. The molecule has 0 saturated heterocycles. The Labute approximate surface area is 166 Å². The first-order valence-electron chi connectivity index (χ1n) is 8.34. The molecule has 3 N–H and O–H groups in total. The summed E-state index contributed by atoms with van der Waals surface area (Å²) in [6.45, 7) is 0. The number of nitrogen functional groups attached to an aromatic ring is 1. The van der Waals surface area contributed by atoms with Crippen molar-refractivity contribution in [1.29, 1.82) is 0 Å². The van der Waals surface area contributed by atoms with Crippen LogP contribution in [-0.2, 0) is 0 Å². The van der Waals surface area contributed by atoms with E-state index in [1.807, 2.05) is 0 Å². The van der Waals surface area contributed by atoms with Crippen LogP contribution in [0.5, 0.6) is 0 Å². The average molecular weight is 420 g/mol. The molecule has 1 fully saturated rings. The van der Waals surface area contributed by atoms with Gasteiger partial charge in [0, 0.05) is 16.6 Å². The second-order valence-electron chi connectivity index (χ2n) is 6.21. The number of benzene rings is 1. The molecule has 1 aromatic carbocycles. The third-order valence-electron chi connectivity index (χ3n) is 4.20. The van der Waals surface area contributed by atoms with Crippen LogP contribution >= 0.6 is 23.4 Å². The van der Waals surface area contributed by atoms with Crippen LogP contribution in [0.2, 0.25) is 5.02 Å². The third kappa shape index (κ3) is 3.60. The molecule has 28 heavy (non-hydrogen) atoms. The second-order valence-corrected chi connectivity index (χ2v) is 7.58. The van der Waals surface area contributed by atoms with Gasteiger partial charge >= 0.3 is 5.69 Å². The van der Waals surface area contributed by atoms with E-state index in [-0.39, 0.29) is 34.3 Å². The van der Waals surface area contributed by atoms with Crippen molar-refractivity contribution in [2.45, 2.75) is 24.1 Å². The van der Waals surface area contributed by atoms with Crippen molar-refractivity contribution in [3.05, 3.63) is 55.7 Å². The number of ketones is 1. The SMILES string of the molecule is Nc1c(C(=O)CSc2nnc(-c3ccc(Cl)cc3)o2)c(=O)[nH]c(=O)n1C1CC1. The van der Waals surface area contributed by atoms with Crippen molar-refractivity contribution in [1.82, 2.24) is 19.7 Å². The predicted molar refractivity (Wildman–Crippen MR) is 104 cm³/mol. The highest BCUT2D eigenvalue weighted by atomic mass is 35.5. The van der Waals surface area contributed by atoms with Gasteiger partial charge in [-0.2, -0.15) is 0 Å². The Hall–Kier alpha value is -2.85. The lowest BCUT2D eigenvalue weighted by Gasteiger charge is -2.10. The molecule has 2 heterocycles. The number of carbonyl (C=O) groups excluding carboxylic acids is 1. The zero-order chi connectivity index (χ0) is 19.8. The number of nitrogens with one attached hydrogen (secondary N) is 1. The molecule has 11 heteroatoms. The van der Waals surface area contributed by atoms with E-state index in [0.29, 0.717) is 10.6 Å². The molecule has 0 bridgehead atoms. The normalized spacial score (nSPS) is 13.6. The zero-order valence-electron chi connectivity index (χ0n) is 14.3. The molecule has 0 unspecified atom stereocenters. The molecule has 0 spiro atoms. The Bertz CT molecular complexity index is 1160. The summed E-state index contributed by atoms with van der Waals surface area (Å²) in [4.78, 5) is 38.7. The molecule has 0 amide bonds. The maximum absolute atomic E-state index is 12.5. The van der Waals surface area contributed by atoms with E-state index in [1.54, 1.807) is 24.3 Å². The molecule has 9 nitrogen and oxygen atoms in total. The number of nitrogens with two attached hydrogens (primary N) is 1. The van der Waals surface area contributed by atoms with Gasteiger partial charge in [0.2, 0.25) is 5.89 Å². The van der Waals surface area contributed by atoms with Crippen molar-refractivity contribution in [3.8, 4) is 11.5 Å². The maximum atomic E-state index is 12.5. The van der Waals surface area contributed by atoms with E-state index in [9.17, 15) is 14.4 Å². The first kappa shape index (κ1) is 18.5. The summed E-state index contributed by atoms with van der Waals surface area (Å²) in [6.07, 6.45) is 1.57. The van der Waals surface area contributed by atoms with E-state index < -0.39 is 17.0 Å². The number of carbonyl (C=O) groups is 1. The van der Waals surface area contributed by atoms with Crippen LogP contribution in [0.1, 0.15) is 29.2 Å². The van der Waals surface area contributed by atoms with Gasteiger partial charge < -0.3 is 10.2 Å². The third-order valence-corrected chi connectivity index (χ3v) is 5.27. The number of hydrogen-bond donors (Lipinski definition) is 2. The summed E-state index contributed by atoms with van der Waals surface area (Å²) in [7, 11) is 0. The van der Waals surface area contributed by atoms with Crippen molar-refractivity contribution in [3.63, 3.8) is 0 Å². The van der Waals surface area contributed by atoms with Crippen LogP contribution < -0.4 is 17.0 Å². The first-order chi connectivity index (χ1) is 13.4. The Morgan fingerprint density at radius 3 is 2.68 bits per heavy atom. The van der Waals surface area contributed by atoms with E-state index in [2.05, 4.69) is 15.2 Å². The highest BCUT2D eigenvalue weighted by Gasteiger charge is 2.30. The molecule has 0 atom stereocenters. The van der Waals surface area contributed by atoms with Gasteiger partial charge in [-0.3, -0.25) is 19.1 Å². The smallest absolute Gasteiger partial charge is 0.330 e. The maximum Gasteiger partial charge on any atom is 0.330 e. The number of halogens is 1. The van der Waals surface area contributed by atoms with Crippen LogP contribution in [0.4, 0.5) is 5.82 Å². The highest BCUT2D eigenvalue weighted by Crippen LogP contribution is 2.35. The van der Waals surface area contributed by atoms with Gasteiger partial charge in [-0.1, -0.05) is 23.4 Å². The van der Waals surface area contributed by atoms with Crippen LogP contribution in [0, 0.1) is 0 Å². The quantitative estimate of drug-likeness (QED) is 0.458. The average Bonchev–Trinajstić information content (AvgIpc) is 3.36. The minimum Gasteiger partial charge on any atom is -0.411 e. The molecule has 1 aliphatic rings. The number of H-pyrrole nitrogens is 1. The van der Waals surface area contributed by atoms with Gasteiger partial charge in [0.05, 0.1) is 5.75 Å². The lowest BCUT2D eigenvalue weighted by Crippen LogP contribution is -2.36. The predicted octanol–water partition coefficient (Wildman–Crippen LogP) is 2.13. The summed E-state index contributed by atoms with van der Waals surface area (Å²) < 4.78 is 6.79. The number of aromatic amines is 1. The van der Waals surface area contributed by atoms with E-state index in [1.165, 1.54) is 4.57 Å². The fourth-order valence-corrected chi connectivity index (χ4v) is 3.47. The molecular formula is C17H14ClN5O4S. The van der Waals surface area contributed by atoms with Crippen LogP contribution in [0.15, 0.2) is 43.5 Å². The van der Waals surface area contributed by atoms with Gasteiger partial charge in [-0.05, 0) is 37.1 Å². The number of hydrogen-bond acceptors (Lipinski definition) is 8. The second kappa shape index (κ2) is 7.28. The first-order valence-corrected chi connectivity index (χ1v) is 9.70. The molecular weight excluding hydrogens is 406 g/mol. The van der Waals surface area contributed by atoms with Crippen molar-refractivity contribution < 1.29 is 9.21 Å². The van der Waals surface area contributed by atoms with Crippen LogP contribution in [-0.4, -0.2) is 31.3 Å². The molecule has 144 valence electrons. The van der Waals surface area contributed by atoms with Gasteiger partial charge in [0.15, 0.2) is 5.78 Å². The fourth-order valence-electron chi connectivity index (χ4n) is 2.71. The number of nitrogens with zero attached hydrogens (tertiary/aromatic N) is 3. The topological polar surface area (TPSA) is 137 Å². The molecule has 3 aromatic rings. The van der Waals surface area contributed by atoms with Crippen molar-refractivity contribution in [2.24, 2.45) is 0 Å². The summed E-state index contributed by atoms with van der Waals surface area (Å²) in [6, 6.07) is 6.79. The molecule has 1 saturated carbocycles. The monoisotopic (exact) mass is 419 g/mol. The van der Waals surface area contributed by atoms with Crippen LogP contribution in [0.25, 0.3) is 11.5 Å². The summed E-state index contributed by atoms with van der Waals surface area (Å²) in [5.74, 6) is -0.483. The largest absolute Gasteiger partial charge is 0.411 e. The fraction of sp³-hybridized carbons (Fsp3) is 0.235. The Kier molecular flexibility index (Phi) is 4.82. The molecule has 0 radical (unpaired) electrons. The van der Waals surface area contributed by atoms with Crippen molar-refractivity contribution in [2.75, 3.05) is 11.5 Å². The van der Waals surface area contributed by atoms with E-state index >= 15 is 0 Å². The van der Waals surface area contributed by atoms with Gasteiger partial charge in [0.25, 0.3) is 10.8 Å². The highest BCUT2D eigenvalue weighted by molar-refractivity contribution is 7.99. The lowest BCUT2D eigenvalue weighted by molar-refractivity contribution is 0.102. The minimum atomic E-state index is -0.794. The van der Waals surface area contributed by atoms with Crippen molar-refractivity contribution >= 4 is 35.0 Å². The number of Topliss-reactive ketones (excluding diaryl/α,β-unsaturated/α-hetero) is 1. The number of anilines is 1. The van der Waals surface area contributed by atoms with E-state index in [0.717, 1.165) is 24.6 Å². The van der Waals surface area contributed by atoms with Crippen LogP contribution in [0.3, 0.4) is 0 Å². The van der Waals surface area contributed by atoms with Gasteiger partial charge in [0.1, 0.15) is 11.4 Å². The minimum absolute atomic E-state index is 0.0681. The Morgan fingerprint density at radius 2 is 2.00 bits per heavy atom. The number of thioether (sulfide) groups is 1. The Morgan fingerprint density at radius 1 is 1.29 bits per heavy atom. The lowest BCUT2D eigenvalue weighted by atomic mass is 10.2. The number of rotatable bonds is 6. The molecule has 1 aliphatic carbocycles. The summed E-state index contributed by atoms with van der Waals surface area (Å²) in [5.41, 5.74) is 5.01. The number of aromatic nitrogens is 4. The molecule has 2 aromatic heterocycles. The molecule has 0 aliphatic heterocycles. The molecule has 4 rings (SSSR count). The summed E-state index contributed by atoms with van der Waals surface area (Å²) >= 11 is 6.83. The zero-order valence-corrected chi connectivity index (χ0v) is 15.9. The summed E-state index contributed by atoms with van der Waals surface area (Å²) in [5, 5.41) is 8.57. The standard InChI is InChI=1S/C17H14ClN5O4S/c18-9-3-1-8(2-4-9)15-21-22-17(27-15)28-7-11(24)12-13(19)23(10-5-6-10)16(26)20-14(12)25/h1-4,10H,5-7,19H2,(H,20,25,26). The van der Waals surface area contributed by atoms with Gasteiger partial charge in [-0.15, -0.1) is 10.2 Å². The van der Waals surface area contributed by atoms with Gasteiger partial charge in [-0.25, -0.2) is 4.79 Å². The van der Waals surface area contributed by atoms with E-state index in [4.69, 9.17) is 21.8 Å².